The van der Waals surface area contributed by atoms with Crippen LogP contribution in [0, 0.1) is 11.6 Å². The maximum Gasteiger partial charge on any atom is 0.328 e. The minimum absolute atomic E-state index is 0.0704. The van der Waals surface area contributed by atoms with Crippen LogP contribution < -0.4 is 4.74 Å². The van der Waals surface area contributed by atoms with Crippen LogP contribution in [0.3, 0.4) is 0 Å². The number of carboxylic acid groups (broad SMARTS) is 1. The molecule has 5 nitrogen and oxygen atoms in total. The van der Waals surface area contributed by atoms with Crippen molar-refractivity contribution in [2.75, 3.05) is 0 Å². The lowest BCUT2D eigenvalue weighted by Crippen LogP contribution is -2.02. The van der Waals surface area contributed by atoms with Gasteiger partial charge in [-0.1, -0.05) is 0 Å². The Bertz CT molecular complexity index is 672. The summed E-state index contributed by atoms with van der Waals surface area (Å²) in [5, 5.41) is 12.5. The third-order valence-corrected chi connectivity index (χ3v) is 2.57. The molecule has 1 N–H and O–H groups in total. The molecule has 1 aromatic heterocycles. The summed E-state index contributed by atoms with van der Waals surface area (Å²) >= 11 is 0. The Hall–Kier alpha value is -2.70. The summed E-state index contributed by atoms with van der Waals surface area (Å²) in [6.45, 7) is -0.0704. The highest BCUT2D eigenvalue weighted by molar-refractivity contribution is 5.85. The van der Waals surface area contributed by atoms with Crippen LogP contribution >= 0.6 is 0 Å². The lowest BCUT2D eigenvalue weighted by molar-refractivity contribution is -0.131. The van der Waals surface area contributed by atoms with Crippen LogP contribution in [-0.2, 0) is 18.4 Å². The third-order valence-electron chi connectivity index (χ3n) is 2.57. The zero-order valence-electron chi connectivity index (χ0n) is 11.1. The van der Waals surface area contributed by atoms with Gasteiger partial charge in [-0.15, -0.1) is 0 Å². The van der Waals surface area contributed by atoms with E-state index < -0.39 is 23.4 Å². The zero-order valence-corrected chi connectivity index (χ0v) is 11.1. The van der Waals surface area contributed by atoms with Crippen molar-refractivity contribution < 1.29 is 23.4 Å². The molecule has 0 aliphatic heterocycles. The van der Waals surface area contributed by atoms with E-state index >= 15 is 0 Å². The maximum absolute atomic E-state index is 13.8. The van der Waals surface area contributed by atoms with E-state index in [0.29, 0.717) is 5.69 Å². The fraction of sp³-hybridized carbons (Fsp3) is 0.143. The Morgan fingerprint density at radius 1 is 1.43 bits per heavy atom. The smallest absolute Gasteiger partial charge is 0.328 e. The number of carbonyl (C=O) groups is 1. The van der Waals surface area contributed by atoms with Gasteiger partial charge in [-0.05, 0) is 29.8 Å². The lowest BCUT2D eigenvalue weighted by Gasteiger charge is -2.07. The molecule has 0 spiro atoms. The Labute approximate surface area is 119 Å². The van der Waals surface area contributed by atoms with Crippen molar-refractivity contribution in [3.05, 3.63) is 53.4 Å². The van der Waals surface area contributed by atoms with Crippen LogP contribution in [0.4, 0.5) is 8.78 Å². The molecule has 0 aliphatic rings. The van der Waals surface area contributed by atoms with Crippen LogP contribution in [0.2, 0.25) is 0 Å². The average molecular weight is 294 g/mol. The van der Waals surface area contributed by atoms with Gasteiger partial charge in [0.25, 0.3) is 0 Å². The van der Waals surface area contributed by atoms with Gasteiger partial charge in [0.15, 0.2) is 17.4 Å². The highest BCUT2D eigenvalue weighted by Gasteiger charge is 2.12. The Kier molecular flexibility index (Phi) is 4.32. The molecule has 0 radical (unpaired) electrons. The fourth-order valence-electron chi connectivity index (χ4n) is 1.67. The maximum atomic E-state index is 13.8. The van der Waals surface area contributed by atoms with E-state index in [0.717, 1.165) is 24.3 Å². The molecule has 110 valence electrons. The fourth-order valence-corrected chi connectivity index (χ4v) is 1.67. The molecule has 0 saturated heterocycles. The van der Waals surface area contributed by atoms with Gasteiger partial charge >= 0.3 is 5.97 Å². The predicted octanol–water partition coefficient (Wildman–Crippen LogP) is 2.38. The molecule has 0 atom stereocenters. The zero-order chi connectivity index (χ0) is 15.4. The number of aryl methyl sites for hydroxylation is 1. The van der Waals surface area contributed by atoms with E-state index in [2.05, 4.69) is 5.10 Å². The van der Waals surface area contributed by atoms with Gasteiger partial charge in [-0.2, -0.15) is 5.10 Å². The molecule has 0 bridgehead atoms. The molecule has 2 aromatic rings. The van der Waals surface area contributed by atoms with Crippen LogP contribution in [0.5, 0.6) is 5.75 Å². The molecule has 0 amide bonds. The summed E-state index contributed by atoms with van der Waals surface area (Å²) in [7, 11) is 1.72. The Morgan fingerprint density at radius 3 is 2.62 bits per heavy atom. The molecular weight excluding hydrogens is 282 g/mol. The number of nitrogens with zero attached hydrogens (tertiary/aromatic N) is 2. The monoisotopic (exact) mass is 294 g/mol. The Balaban J connectivity index is 2.15. The second-order valence-electron chi connectivity index (χ2n) is 4.25. The molecule has 7 heteroatoms. The van der Waals surface area contributed by atoms with Crippen LogP contribution in [0.15, 0.2) is 30.5 Å². The van der Waals surface area contributed by atoms with E-state index in [9.17, 15) is 13.6 Å². The largest absolute Gasteiger partial charge is 0.481 e. The summed E-state index contributed by atoms with van der Waals surface area (Å²) in [4.78, 5) is 10.4. The van der Waals surface area contributed by atoms with Gasteiger partial charge in [0.1, 0.15) is 6.61 Å². The quantitative estimate of drug-likeness (QED) is 0.860. The van der Waals surface area contributed by atoms with E-state index in [1.807, 2.05) is 0 Å². The first kappa shape index (κ1) is 14.7. The van der Waals surface area contributed by atoms with E-state index in [1.54, 1.807) is 24.0 Å². The predicted molar refractivity (Wildman–Crippen MR) is 70.6 cm³/mol. The van der Waals surface area contributed by atoms with Crippen molar-refractivity contribution in [1.82, 2.24) is 9.78 Å². The molecule has 21 heavy (non-hydrogen) atoms. The first-order chi connectivity index (χ1) is 9.95. The van der Waals surface area contributed by atoms with Crippen molar-refractivity contribution in [3.8, 4) is 5.75 Å². The highest BCUT2D eigenvalue weighted by Crippen LogP contribution is 2.24. The Morgan fingerprint density at radius 2 is 2.10 bits per heavy atom. The number of rotatable bonds is 5. The van der Waals surface area contributed by atoms with Gasteiger partial charge < -0.3 is 9.84 Å². The molecule has 1 aromatic carbocycles. The molecular formula is C14H12F2N2O3. The lowest BCUT2D eigenvalue weighted by atomic mass is 10.2. The average Bonchev–Trinajstić information content (AvgIpc) is 2.81. The third kappa shape index (κ3) is 3.88. The second kappa shape index (κ2) is 6.17. The summed E-state index contributed by atoms with van der Waals surface area (Å²) in [6.07, 6.45) is 3.57. The van der Waals surface area contributed by atoms with E-state index in [-0.39, 0.29) is 12.2 Å². The summed E-state index contributed by atoms with van der Waals surface area (Å²) in [5.74, 6) is -3.54. The minimum atomic E-state index is -1.20. The summed E-state index contributed by atoms with van der Waals surface area (Å²) in [5.41, 5.74) is 0.628. The van der Waals surface area contributed by atoms with Crippen molar-refractivity contribution in [2.45, 2.75) is 6.61 Å². The summed E-state index contributed by atoms with van der Waals surface area (Å²) < 4.78 is 34.2. The van der Waals surface area contributed by atoms with Gasteiger partial charge in [0.2, 0.25) is 0 Å². The van der Waals surface area contributed by atoms with Crippen LogP contribution in [0.25, 0.3) is 6.08 Å². The molecule has 1 heterocycles. The number of aliphatic carboxylic acids is 1. The number of halogens is 2. The first-order valence-corrected chi connectivity index (χ1v) is 5.97. The molecule has 0 aliphatic carbocycles. The van der Waals surface area contributed by atoms with Crippen molar-refractivity contribution in [3.63, 3.8) is 0 Å². The van der Waals surface area contributed by atoms with E-state index in [1.165, 1.54) is 0 Å². The number of hydrogen-bond donors (Lipinski definition) is 1. The number of hydrogen-bond acceptors (Lipinski definition) is 3. The normalized spacial score (nSPS) is 11.0. The number of carboxylic acids is 1. The van der Waals surface area contributed by atoms with Crippen molar-refractivity contribution >= 4 is 12.0 Å². The van der Waals surface area contributed by atoms with E-state index in [4.69, 9.17) is 9.84 Å². The van der Waals surface area contributed by atoms with Gasteiger partial charge in [-0.3, -0.25) is 4.68 Å². The minimum Gasteiger partial charge on any atom is -0.481 e. The van der Waals surface area contributed by atoms with Gasteiger partial charge in [-0.25, -0.2) is 13.6 Å². The molecule has 2 rings (SSSR count). The van der Waals surface area contributed by atoms with Gasteiger partial charge in [0.05, 0.1) is 5.69 Å². The molecule has 0 fully saturated rings. The number of benzene rings is 1. The second-order valence-corrected chi connectivity index (χ2v) is 4.25. The summed E-state index contributed by atoms with van der Waals surface area (Å²) in [6, 6.07) is 3.66. The highest BCUT2D eigenvalue weighted by atomic mass is 19.1. The van der Waals surface area contributed by atoms with Crippen LogP contribution in [0.1, 0.15) is 11.3 Å². The number of ether oxygens (including phenoxy) is 1. The molecule has 0 unspecified atom stereocenters. The SMILES string of the molecule is Cn1ccc(COc2c(F)cc(/C=C/C(=O)O)cc2F)n1. The first-order valence-electron chi connectivity index (χ1n) is 5.97. The number of aromatic nitrogens is 2. The van der Waals surface area contributed by atoms with Crippen molar-refractivity contribution in [1.29, 1.82) is 0 Å². The standard InChI is InChI=1S/C14H12F2N2O3/c1-18-5-4-10(17-18)8-21-14-11(15)6-9(7-12(14)16)2-3-13(19)20/h2-7H,8H2,1H3,(H,19,20)/b3-2+. The topological polar surface area (TPSA) is 64.3 Å². The van der Waals surface area contributed by atoms with Crippen molar-refractivity contribution in [2.24, 2.45) is 7.05 Å². The van der Waals surface area contributed by atoms with Gasteiger partial charge in [0, 0.05) is 19.3 Å². The van der Waals surface area contributed by atoms with Crippen LogP contribution in [-0.4, -0.2) is 20.9 Å². The molecule has 0 saturated carbocycles.